The second-order valence-electron chi connectivity index (χ2n) is 11.3. The summed E-state index contributed by atoms with van der Waals surface area (Å²) in [5.41, 5.74) is 1.01. The van der Waals surface area contributed by atoms with Crippen molar-refractivity contribution in [3.63, 3.8) is 0 Å². The van der Waals surface area contributed by atoms with Crippen molar-refractivity contribution in [2.45, 2.75) is 88.9 Å². The summed E-state index contributed by atoms with van der Waals surface area (Å²) in [5, 5.41) is 9.70. The van der Waals surface area contributed by atoms with Crippen LogP contribution in [0.25, 0.3) is 0 Å². The van der Waals surface area contributed by atoms with Crippen LogP contribution in [0.5, 0.6) is 0 Å². The van der Waals surface area contributed by atoms with Crippen molar-refractivity contribution in [2.75, 3.05) is 17.2 Å². The topological polar surface area (TPSA) is 108 Å². The zero-order valence-corrected chi connectivity index (χ0v) is 21.6. The van der Waals surface area contributed by atoms with E-state index in [9.17, 15) is 14.0 Å². The number of anilines is 3. The molecule has 1 aliphatic heterocycles. The molecule has 9 nitrogen and oxygen atoms in total. The molecule has 10 heteroatoms. The highest BCUT2D eigenvalue weighted by Crippen LogP contribution is 2.41. The summed E-state index contributed by atoms with van der Waals surface area (Å²) in [7, 11) is 0. The molecular formula is C27H35FN6O3. The number of hydrogen-bond acceptors (Lipinski definition) is 7. The number of carbonyl (C=O) groups excluding carboxylic acids is 2. The molecule has 198 valence electrons. The van der Waals surface area contributed by atoms with E-state index >= 15 is 0 Å². The molecule has 3 fully saturated rings. The Hall–Kier alpha value is -3.43. The van der Waals surface area contributed by atoms with Crippen LogP contribution in [0, 0.1) is 5.82 Å². The lowest BCUT2D eigenvalue weighted by Crippen LogP contribution is -2.52. The number of benzene rings is 1. The number of nitrogens with zero attached hydrogens (tertiary/aromatic N) is 3. The number of amides is 2. The molecule has 1 aromatic carbocycles. The molecular weight excluding hydrogens is 475 g/mol. The molecule has 2 heterocycles. The van der Waals surface area contributed by atoms with Gasteiger partial charge in [0.1, 0.15) is 23.3 Å². The van der Waals surface area contributed by atoms with Crippen molar-refractivity contribution in [3.8, 4) is 0 Å². The smallest absolute Gasteiger partial charge is 0.410 e. The van der Waals surface area contributed by atoms with E-state index in [-0.39, 0.29) is 23.7 Å². The van der Waals surface area contributed by atoms with Crippen molar-refractivity contribution in [2.24, 2.45) is 0 Å². The van der Waals surface area contributed by atoms with Gasteiger partial charge in [0.15, 0.2) is 0 Å². The Morgan fingerprint density at radius 3 is 2.62 bits per heavy atom. The molecule has 1 aromatic heterocycles. The molecule has 0 bridgehead atoms. The molecule has 0 unspecified atom stereocenters. The van der Waals surface area contributed by atoms with Gasteiger partial charge in [-0.2, -0.15) is 4.98 Å². The van der Waals surface area contributed by atoms with Gasteiger partial charge in [-0.15, -0.1) is 0 Å². The number of carbonyl (C=O) groups is 2. The molecule has 3 N–H and O–H groups in total. The van der Waals surface area contributed by atoms with Gasteiger partial charge in [0, 0.05) is 36.1 Å². The maximum absolute atomic E-state index is 13.6. The first-order chi connectivity index (χ1) is 17.6. The molecule has 2 aliphatic carbocycles. The van der Waals surface area contributed by atoms with Crippen molar-refractivity contribution >= 4 is 29.5 Å². The van der Waals surface area contributed by atoms with E-state index in [0.717, 1.165) is 43.5 Å². The Morgan fingerprint density at radius 2 is 1.92 bits per heavy atom. The normalized spacial score (nSPS) is 23.2. The predicted octanol–water partition coefficient (Wildman–Crippen LogP) is 4.70. The molecule has 0 spiro atoms. The number of hydrogen-bond donors (Lipinski definition) is 3. The van der Waals surface area contributed by atoms with Gasteiger partial charge < -0.3 is 20.7 Å². The summed E-state index contributed by atoms with van der Waals surface area (Å²) in [6, 6.07) is 6.15. The fourth-order valence-electron chi connectivity index (χ4n) is 4.85. The lowest BCUT2D eigenvalue weighted by atomic mass is 9.76. The van der Waals surface area contributed by atoms with E-state index in [0.29, 0.717) is 30.6 Å². The second-order valence-corrected chi connectivity index (χ2v) is 11.3. The van der Waals surface area contributed by atoms with Crippen LogP contribution in [-0.2, 0) is 9.53 Å². The summed E-state index contributed by atoms with van der Waals surface area (Å²) < 4.78 is 19.0. The van der Waals surface area contributed by atoms with Crippen LogP contribution >= 0.6 is 0 Å². The largest absolute Gasteiger partial charge is 0.444 e. The zero-order valence-electron chi connectivity index (χ0n) is 21.6. The van der Waals surface area contributed by atoms with Gasteiger partial charge in [0.05, 0.1) is 0 Å². The van der Waals surface area contributed by atoms with E-state index in [4.69, 9.17) is 4.74 Å². The Kier molecular flexibility index (Phi) is 6.92. The fourth-order valence-corrected chi connectivity index (χ4v) is 4.85. The highest BCUT2D eigenvalue weighted by Gasteiger charge is 2.40. The summed E-state index contributed by atoms with van der Waals surface area (Å²) >= 11 is 0. The summed E-state index contributed by atoms with van der Waals surface area (Å²) in [5.74, 6) is 0.977. The van der Waals surface area contributed by atoms with Crippen molar-refractivity contribution < 1.29 is 18.7 Å². The molecule has 0 radical (unpaired) electrons. The third kappa shape index (κ3) is 6.29. The Morgan fingerprint density at radius 1 is 1.14 bits per heavy atom. The Labute approximate surface area is 216 Å². The quantitative estimate of drug-likeness (QED) is 0.496. The Bertz CT molecular complexity index is 1160. The van der Waals surface area contributed by atoms with Gasteiger partial charge in [-0.25, -0.2) is 14.2 Å². The Balaban J connectivity index is 1.19. The van der Waals surface area contributed by atoms with Crippen LogP contribution < -0.4 is 16.0 Å². The van der Waals surface area contributed by atoms with Crippen molar-refractivity contribution in [3.05, 3.63) is 41.8 Å². The summed E-state index contributed by atoms with van der Waals surface area (Å²) in [6.07, 6.45) is 6.59. The highest BCUT2D eigenvalue weighted by atomic mass is 19.1. The van der Waals surface area contributed by atoms with Crippen LogP contribution in [0.3, 0.4) is 0 Å². The van der Waals surface area contributed by atoms with Crippen LogP contribution in [-0.4, -0.2) is 57.1 Å². The minimum Gasteiger partial charge on any atom is -0.444 e. The van der Waals surface area contributed by atoms with E-state index in [1.807, 2.05) is 27.0 Å². The number of ether oxygens (including phenoxy) is 1. The molecule has 1 atom stereocenters. The lowest BCUT2D eigenvalue weighted by molar-refractivity contribution is -0.126. The van der Waals surface area contributed by atoms with Crippen LogP contribution in [0.15, 0.2) is 30.5 Å². The van der Waals surface area contributed by atoms with Gasteiger partial charge in [0.2, 0.25) is 11.9 Å². The van der Waals surface area contributed by atoms with Crippen LogP contribution in [0.4, 0.5) is 26.6 Å². The first kappa shape index (κ1) is 25.2. The number of aromatic nitrogens is 2. The highest BCUT2D eigenvalue weighted by molar-refractivity contribution is 5.86. The van der Waals surface area contributed by atoms with E-state index in [2.05, 4.69) is 25.9 Å². The fraction of sp³-hybridized carbons (Fsp3) is 0.556. The standard InChI is InChI=1S/C27H35FN6O3/c1-27(2,3)37-26(36)34-11-5-8-22(34)24(35)31-20-12-16(13-20)21-15-29-25(33-23(21)30-18-9-10-18)32-19-7-4-6-17(28)14-19/h4,6-7,14-16,18,20,22H,5,8-13H2,1-3H3,(H,31,35)(H2,29,30,32,33)/t16-,20+,22-/m0/s1. The molecule has 2 amide bonds. The van der Waals surface area contributed by atoms with Gasteiger partial charge in [-0.3, -0.25) is 9.69 Å². The second kappa shape index (κ2) is 10.1. The third-order valence-corrected chi connectivity index (χ3v) is 6.92. The monoisotopic (exact) mass is 510 g/mol. The summed E-state index contributed by atoms with van der Waals surface area (Å²) in [4.78, 5) is 36.3. The van der Waals surface area contributed by atoms with Crippen molar-refractivity contribution in [1.29, 1.82) is 0 Å². The van der Waals surface area contributed by atoms with E-state index in [1.165, 1.54) is 12.1 Å². The number of nitrogens with one attached hydrogen (secondary N) is 3. The maximum atomic E-state index is 13.6. The molecule has 3 aliphatic rings. The van der Waals surface area contributed by atoms with E-state index in [1.54, 1.807) is 17.0 Å². The molecule has 2 saturated carbocycles. The first-order valence-electron chi connectivity index (χ1n) is 13.1. The average molecular weight is 511 g/mol. The van der Waals surface area contributed by atoms with Gasteiger partial charge in [-0.05, 0) is 83.4 Å². The first-order valence-corrected chi connectivity index (χ1v) is 13.1. The van der Waals surface area contributed by atoms with Crippen LogP contribution in [0.1, 0.15) is 70.8 Å². The van der Waals surface area contributed by atoms with E-state index < -0.39 is 17.7 Å². The summed E-state index contributed by atoms with van der Waals surface area (Å²) in [6.45, 7) is 6.00. The van der Waals surface area contributed by atoms with Gasteiger partial charge in [0.25, 0.3) is 0 Å². The maximum Gasteiger partial charge on any atom is 0.410 e. The SMILES string of the molecule is CC(C)(C)OC(=O)N1CCC[C@H]1C(=O)N[C@H]1C[C@@H](c2cnc(Nc3cccc(F)c3)nc2NC2CC2)C1. The average Bonchev–Trinajstić information content (AvgIpc) is 3.46. The number of halogens is 1. The zero-order chi connectivity index (χ0) is 26.2. The molecule has 1 saturated heterocycles. The molecule has 2 aromatic rings. The van der Waals surface area contributed by atoms with Gasteiger partial charge in [-0.1, -0.05) is 6.07 Å². The number of rotatable bonds is 7. The minimum absolute atomic E-state index is 0.0393. The minimum atomic E-state index is -0.599. The lowest BCUT2D eigenvalue weighted by Gasteiger charge is -2.38. The predicted molar refractivity (Wildman–Crippen MR) is 138 cm³/mol. The van der Waals surface area contributed by atoms with Gasteiger partial charge >= 0.3 is 6.09 Å². The van der Waals surface area contributed by atoms with Crippen molar-refractivity contribution in [1.82, 2.24) is 20.2 Å². The third-order valence-electron chi connectivity index (χ3n) is 6.92. The molecule has 37 heavy (non-hydrogen) atoms. The molecule has 5 rings (SSSR count). The van der Waals surface area contributed by atoms with Crippen LogP contribution in [0.2, 0.25) is 0 Å². The number of likely N-dealkylation sites (tertiary alicyclic amines) is 1.